The first-order chi connectivity index (χ1) is 9.49. The van der Waals surface area contributed by atoms with Gasteiger partial charge in [-0.3, -0.25) is 9.59 Å². The van der Waals surface area contributed by atoms with E-state index in [1.807, 2.05) is 13.8 Å². The number of nitrogens with zero attached hydrogens (tertiary/aromatic N) is 1. The summed E-state index contributed by atoms with van der Waals surface area (Å²) >= 11 is 0. The van der Waals surface area contributed by atoms with E-state index >= 15 is 0 Å². The second-order valence-electron chi connectivity index (χ2n) is 4.57. The van der Waals surface area contributed by atoms with Crippen molar-refractivity contribution < 1.29 is 14.3 Å². The Kier molecular flexibility index (Phi) is 5.96. The van der Waals surface area contributed by atoms with Crippen molar-refractivity contribution >= 4 is 11.8 Å². The summed E-state index contributed by atoms with van der Waals surface area (Å²) in [5.74, 6) is -0.364. The van der Waals surface area contributed by atoms with E-state index in [1.54, 1.807) is 19.1 Å². The topological polar surface area (TPSA) is 80.3 Å². The molecule has 0 aromatic carbocycles. The fourth-order valence-corrected chi connectivity index (χ4v) is 1.54. The first kappa shape index (κ1) is 15.9. The van der Waals surface area contributed by atoms with Crippen molar-refractivity contribution in [2.45, 2.75) is 39.3 Å². The molecular weight excluding hydrogens is 258 g/mol. The first-order valence-electron chi connectivity index (χ1n) is 6.59. The SMILES string of the molecule is CCC(C)NC(=O)C(C)NC(=O)c1cccnc1OC. The molecule has 2 unspecified atom stereocenters. The van der Waals surface area contributed by atoms with Crippen LogP contribution in [0.3, 0.4) is 0 Å². The molecule has 0 bridgehead atoms. The second kappa shape index (κ2) is 7.47. The van der Waals surface area contributed by atoms with Gasteiger partial charge in [0, 0.05) is 12.2 Å². The lowest BCUT2D eigenvalue weighted by Crippen LogP contribution is -2.47. The van der Waals surface area contributed by atoms with Gasteiger partial charge in [0.05, 0.1) is 7.11 Å². The van der Waals surface area contributed by atoms with Crippen molar-refractivity contribution in [1.82, 2.24) is 15.6 Å². The van der Waals surface area contributed by atoms with E-state index in [0.29, 0.717) is 5.56 Å². The third-order valence-electron chi connectivity index (χ3n) is 2.95. The number of methoxy groups -OCH3 is 1. The van der Waals surface area contributed by atoms with Crippen molar-refractivity contribution in [1.29, 1.82) is 0 Å². The fourth-order valence-electron chi connectivity index (χ4n) is 1.54. The Bertz CT molecular complexity index is 476. The molecule has 0 fully saturated rings. The Morgan fingerprint density at radius 2 is 2.05 bits per heavy atom. The van der Waals surface area contributed by atoms with Gasteiger partial charge in [0.15, 0.2) is 0 Å². The maximum absolute atomic E-state index is 12.1. The normalized spacial score (nSPS) is 13.2. The molecule has 1 aromatic rings. The van der Waals surface area contributed by atoms with Gasteiger partial charge >= 0.3 is 0 Å². The van der Waals surface area contributed by atoms with Gasteiger partial charge in [0.25, 0.3) is 5.91 Å². The van der Waals surface area contributed by atoms with Crippen molar-refractivity contribution in [3.05, 3.63) is 23.9 Å². The molecule has 2 amide bonds. The first-order valence-corrected chi connectivity index (χ1v) is 6.59. The molecule has 20 heavy (non-hydrogen) atoms. The van der Waals surface area contributed by atoms with Crippen LogP contribution >= 0.6 is 0 Å². The number of nitrogens with one attached hydrogen (secondary N) is 2. The van der Waals surface area contributed by atoms with E-state index in [0.717, 1.165) is 6.42 Å². The number of amides is 2. The average molecular weight is 279 g/mol. The lowest BCUT2D eigenvalue weighted by molar-refractivity contribution is -0.123. The lowest BCUT2D eigenvalue weighted by atomic mass is 10.2. The highest BCUT2D eigenvalue weighted by Gasteiger charge is 2.20. The van der Waals surface area contributed by atoms with E-state index in [-0.39, 0.29) is 23.7 Å². The van der Waals surface area contributed by atoms with Crippen LogP contribution in [0.2, 0.25) is 0 Å². The van der Waals surface area contributed by atoms with Gasteiger partial charge in [0.2, 0.25) is 11.8 Å². The summed E-state index contributed by atoms with van der Waals surface area (Å²) in [6.45, 7) is 5.53. The number of carbonyl (C=O) groups is 2. The highest BCUT2D eigenvalue weighted by molar-refractivity contribution is 5.99. The standard InChI is InChI=1S/C14H21N3O3/c1-5-9(2)16-12(18)10(3)17-13(19)11-7-6-8-15-14(11)20-4/h6-10H,5H2,1-4H3,(H,16,18)(H,17,19). The number of rotatable bonds is 6. The zero-order chi connectivity index (χ0) is 15.1. The minimum Gasteiger partial charge on any atom is -0.480 e. The predicted octanol–water partition coefficient (Wildman–Crippen LogP) is 1.12. The Labute approximate surface area is 118 Å². The minimum absolute atomic E-state index is 0.0785. The molecule has 110 valence electrons. The van der Waals surface area contributed by atoms with E-state index < -0.39 is 6.04 Å². The number of hydrogen-bond acceptors (Lipinski definition) is 4. The maximum Gasteiger partial charge on any atom is 0.257 e. The Morgan fingerprint density at radius 1 is 1.35 bits per heavy atom. The van der Waals surface area contributed by atoms with E-state index in [4.69, 9.17) is 4.74 Å². The molecule has 6 nitrogen and oxygen atoms in total. The van der Waals surface area contributed by atoms with Crippen LogP contribution in [0.1, 0.15) is 37.6 Å². The van der Waals surface area contributed by atoms with Crippen LogP contribution < -0.4 is 15.4 Å². The summed E-state index contributed by atoms with van der Waals surface area (Å²) in [5, 5.41) is 5.44. The summed E-state index contributed by atoms with van der Waals surface area (Å²) in [5.41, 5.74) is 0.304. The van der Waals surface area contributed by atoms with Gasteiger partial charge in [-0.2, -0.15) is 0 Å². The third-order valence-corrected chi connectivity index (χ3v) is 2.95. The molecule has 2 atom stereocenters. The van der Waals surface area contributed by atoms with Crippen LogP contribution in [-0.4, -0.2) is 36.0 Å². The molecule has 1 heterocycles. The summed E-state index contributed by atoms with van der Waals surface area (Å²) in [6.07, 6.45) is 2.37. The third kappa shape index (κ3) is 4.22. The molecule has 2 N–H and O–H groups in total. The Morgan fingerprint density at radius 3 is 2.65 bits per heavy atom. The number of carbonyl (C=O) groups excluding carboxylic acids is 2. The van der Waals surface area contributed by atoms with Gasteiger partial charge in [-0.15, -0.1) is 0 Å². The molecule has 1 aromatic heterocycles. The average Bonchev–Trinajstić information content (AvgIpc) is 2.46. The van der Waals surface area contributed by atoms with Crippen LogP contribution in [0.5, 0.6) is 5.88 Å². The number of ether oxygens (including phenoxy) is 1. The number of hydrogen-bond donors (Lipinski definition) is 2. The second-order valence-corrected chi connectivity index (χ2v) is 4.57. The minimum atomic E-state index is -0.624. The van der Waals surface area contributed by atoms with E-state index in [1.165, 1.54) is 13.3 Å². The summed E-state index contributed by atoms with van der Waals surface area (Å²) in [6, 6.07) is 2.69. The highest BCUT2D eigenvalue weighted by Crippen LogP contribution is 2.13. The molecule has 0 spiro atoms. The van der Waals surface area contributed by atoms with Crippen molar-refractivity contribution in [2.75, 3.05) is 7.11 Å². The van der Waals surface area contributed by atoms with Gasteiger partial charge in [-0.05, 0) is 32.4 Å². The van der Waals surface area contributed by atoms with Gasteiger partial charge in [-0.25, -0.2) is 4.98 Å². The highest BCUT2D eigenvalue weighted by atomic mass is 16.5. The molecule has 6 heteroatoms. The molecular formula is C14H21N3O3. The molecule has 0 radical (unpaired) electrons. The van der Waals surface area contributed by atoms with E-state index in [9.17, 15) is 9.59 Å². The molecule has 0 aliphatic carbocycles. The van der Waals surface area contributed by atoms with Crippen LogP contribution in [-0.2, 0) is 4.79 Å². The molecule has 0 aliphatic rings. The monoisotopic (exact) mass is 279 g/mol. The smallest absolute Gasteiger partial charge is 0.257 e. The summed E-state index contributed by atoms with van der Waals surface area (Å²) in [7, 11) is 1.44. The lowest BCUT2D eigenvalue weighted by Gasteiger charge is -2.17. The summed E-state index contributed by atoms with van der Waals surface area (Å²) < 4.78 is 5.02. The van der Waals surface area contributed by atoms with Crippen LogP contribution in [0.25, 0.3) is 0 Å². The van der Waals surface area contributed by atoms with Crippen LogP contribution in [0, 0.1) is 0 Å². The fraction of sp³-hybridized carbons (Fsp3) is 0.500. The predicted molar refractivity (Wildman–Crippen MR) is 75.6 cm³/mol. The largest absolute Gasteiger partial charge is 0.480 e. The van der Waals surface area contributed by atoms with Gasteiger partial charge in [-0.1, -0.05) is 6.92 Å². The van der Waals surface area contributed by atoms with E-state index in [2.05, 4.69) is 15.6 Å². The number of pyridine rings is 1. The quantitative estimate of drug-likeness (QED) is 0.818. The van der Waals surface area contributed by atoms with Crippen molar-refractivity contribution in [2.24, 2.45) is 0 Å². The molecule has 0 saturated heterocycles. The maximum atomic E-state index is 12.1. The Hall–Kier alpha value is -2.11. The van der Waals surface area contributed by atoms with Gasteiger partial charge < -0.3 is 15.4 Å². The van der Waals surface area contributed by atoms with Crippen molar-refractivity contribution in [3.63, 3.8) is 0 Å². The zero-order valence-corrected chi connectivity index (χ0v) is 12.3. The zero-order valence-electron chi connectivity index (χ0n) is 12.3. The number of aromatic nitrogens is 1. The molecule has 0 saturated carbocycles. The van der Waals surface area contributed by atoms with Gasteiger partial charge in [0.1, 0.15) is 11.6 Å². The molecule has 1 rings (SSSR count). The summed E-state index contributed by atoms with van der Waals surface area (Å²) in [4.78, 5) is 27.9. The van der Waals surface area contributed by atoms with Crippen molar-refractivity contribution in [3.8, 4) is 5.88 Å². The van der Waals surface area contributed by atoms with Crippen LogP contribution in [0.4, 0.5) is 0 Å². The molecule has 0 aliphatic heterocycles. The Balaban J connectivity index is 2.68. The van der Waals surface area contributed by atoms with Crippen LogP contribution in [0.15, 0.2) is 18.3 Å².